The quantitative estimate of drug-likeness (QED) is 0.779. The molecule has 1 atom stereocenters. The summed E-state index contributed by atoms with van der Waals surface area (Å²) in [5.41, 5.74) is 0.889. The molecule has 1 unspecified atom stereocenters. The zero-order valence-corrected chi connectivity index (χ0v) is 15.6. The van der Waals surface area contributed by atoms with E-state index in [0.717, 1.165) is 22.3 Å². The first kappa shape index (κ1) is 18.3. The van der Waals surface area contributed by atoms with Gasteiger partial charge in [-0.1, -0.05) is 23.9 Å². The number of nitrogens with one attached hydrogen (secondary N) is 1. The Morgan fingerprint density at radius 1 is 1.29 bits per heavy atom. The third kappa shape index (κ3) is 4.08. The van der Waals surface area contributed by atoms with Gasteiger partial charge in [-0.05, 0) is 39.8 Å². The highest BCUT2D eigenvalue weighted by Crippen LogP contribution is 2.31. The highest BCUT2D eigenvalue weighted by molar-refractivity contribution is 8.00. The second-order valence-electron chi connectivity index (χ2n) is 5.67. The molecule has 0 saturated carbocycles. The van der Waals surface area contributed by atoms with Crippen molar-refractivity contribution in [3.63, 3.8) is 0 Å². The molecule has 6 nitrogen and oxygen atoms in total. The molecule has 1 heterocycles. The van der Waals surface area contributed by atoms with E-state index >= 15 is 0 Å². The summed E-state index contributed by atoms with van der Waals surface area (Å²) in [6.07, 6.45) is 0. The Kier molecular flexibility index (Phi) is 6.25. The van der Waals surface area contributed by atoms with Crippen molar-refractivity contribution < 1.29 is 9.53 Å². The second kappa shape index (κ2) is 8.19. The maximum atomic E-state index is 12.1. The van der Waals surface area contributed by atoms with E-state index < -0.39 is 0 Å². The van der Waals surface area contributed by atoms with Crippen molar-refractivity contribution in [1.29, 1.82) is 0 Å². The summed E-state index contributed by atoms with van der Waals surface area (Å²) in [6, 6.07) is 7.84. The number of hydrogen-bond acceptors (Lipinski definition) is 5. The molecular weight excluding hydrogens is 324 g/mol. The summed E-state index contributed by atoms with van der Waals surface area (Å²) in [5.74, 6) is 1.50. The molecule has 0 bridgehead atoms. The average molecular weight is 348 g/mol. The molecule has 1 aromatic carbocycles. The summed E-state index contributed by atoms with van der Waals surface area (Å²) in [7, 11) is 1.64. The Morgan fingerprint density at radius 2 is 2.00 bits per heavy atom. The third-order valence-electron chi connectivity index (χ3n) is 3.46. The SMILES string of the molecule is CCn1c(SC(C)C(=O)NC(C)C)nnc1-c1ccccc1OC. The Morgan fingerprint density at radius 3 is 2.62 bits per heavy atom. The minimum Gasteiger partial charge on any atom is -0.496 e. The zero-order valence-electron chi connectivity index (χ0n) is 14.7. The van der Waals surface area contributed by atoms with Crippen molar-refractivity contribution in [1.82, 2.24) is 20.1 Å². The largest absolute Gasteiger partial charge is 0.496 e. The van der Waals surface area contributed by atoms with Gasteiger partial charge >= 0.3 is 0 Å². The molecule has 0 aliphatic heterocycles. The lowest BCUT2D eigenvalue weighted by Gasteiger charge is -2.15. The molecule has 2 aromatic rings. The molecule has 0 radical (unpaired) electrons. The molecule has 0 fully saturated rings. The van der Waals surface area contributed by atoms with Crippen LogP contribution in [0.2, 0.25) is 0 Å². The van der Waals surface area contributed by atoms with Crippen molar-refractivity contribution >= 4 is 17.7 Å². The van der Waals surface area contributed by atoms with E-state index in [1.807, 2.05) is 56.5 Å². The lowest BCUT2D eigenvalue weighted by Crippen LogP contribution is -2.36. The number of amides is 1. The van der Waals surface area contributed by atoms with Crippen LogP contribution in [-0.2, 0) is 11.3 Å². The van der Waals surface area contributed by atoms with Gasteiger partial charge in [-0.25, -0.2) is 0 Å². The van der Waals surface area contributed by atoms with Crippen LogP contribution in [0.1, 0.15) is 27.7 Å². The topological polar surface area (TPSA) is 69.0 Å². The smallest absolute Gasteiger partial charge is 0.233 e. The van der Waals surface area contributed by atoms with Crippen LogP contribution in [0.5, 0.6) is 5.75 Å². The molecule has 0 spiro atoms. The van der Waals surface area contributed by atoms with E-state index in [1.165, 1.54) is 11.8 Å². The van der Waals surface area contributed by atoms with Gasteiger partial charge in [-0.3, -0.25) is 4.79 Å². The van der Waals surface area contributed by atoms with Crippen molar-refractivity contribution in [3.05, 3.63) is 24.3 Å². The van der Waals surface area contributed by atoms with Gasteiger partial charge < -0.3 is 14.6 Å². The third-order valence-corrected chi connectivity index (χ3v) is 4.54. The number of thioether (sulfide) groups is 1. The van der Waals surface area contributed by atoms with E-state index in [1.54, 1.807) is 7.11 Å². The van der Waals surface area contributed by atoms with Crippen molar-refractivity contribution in [2.24, 2.45) is 0 Å². The predicted molar refractivity (Wildman–Crippen MR) is 96.3 cm³/mol. The van der Waals surface area contributed by atoms with E-state index in [0.29, 0.717) is 6.54 Å². The van der Waals surface area contributed by atoms with Crippen molar-refractivity contribution in [3.8, 4) is 17.1 Å². The van der Waals surface area contributed by atoms with Gasteiger partial charge in [-0.15, -0.1) is 10.2 Å². The van der Waals surface area contributed by atoms with Gasteiger partial charge in [-0.2, -0.15) is 0 Å². The lowest BCUT2D eigenvalue weighted by atomic mass is 10.2. The molecule has 130 valence electrons. The van der Waals surface area contributed by atoms with E-state index in [2.05, 4.69) is 15.5 Å². The number of carbonyl (C=O) groups excluding carboxylic acids is 1. The second-order valence-corrected chi connectivity index (χ2v) is 6.98. The molecule has 1 aromatic heterocycles. The number of para-hydroxylation sites is 1. The fourth-order valence-electron chi connectivity index (χ4n) is 2.30. The van der Waals surface area contributed by atoms with Gasteiger partial charge in [0.15, 0.2) is 11.0 Å². The standard InChI is InChI=1S/C17H24N4O2S/c1-6-21-15(13-9-7-8-10-14(13)23-5)19-20-17(21)24-12(4)16(22)18-11(2)3/h7-12H,6H2,1-5H3,(H,18,22). The van der Waals surface area contributed by atoms with Crippen LogP contribution in [-0.4, -0.2) is 39.1 Å². The maximum absolute atomic E-state index is 12.1. The first-order valence-electron chi connectivity index (χ1n) is 8.01. The summed E-state index contributed by atoms with van der Waals surface area (Å²) >= 11 is 1.41. The van der Waals surface area contributed by atoms with Crippen LogP contribution in [0.25, 0.3) is 11.4 Å². The average Bonchev–Trinajstić information content (AvgIpc) is 2.96. The van der Waals surface area contributed by atoms with Gasteiger partial charge in [0.05, 0.1) is 17.9 Å². The number of rotatable bonds is 7. The first-order valence-corrected chi connectivity index (χ1v) is 8.89. The van der Waals surface area contributed by atoms with Gasteiger partial charge in [0, 0.05) is 12.6 Å². The van der Waals surface area contributed by atoms with Crippen LogP contribution in [0, 0.1) is 0 Å². The Balaban J connectivity index is 2.28. The summed E-state index contributed by atoms with van der Waals surface area (Å²) < 4.78 is 7.42. The Bertz CT molecular complexity index is 700. The number of carbonyl (C=O) groups is 1. The molecule has 24 heavy (non-hydrogen) atoms. The summed E-state index contributed by atoms with van der Waals surface area (Å²) in [5, 5.41) is 12.0. The Labute approximate surface area is 147 Å². The maximum Gasteiger partial charge on any atom is 0.233 e. The van der Waals surface area contributed by atoms with Crippen LogP contribution in [0.15, 0.2) is 29.4 Å². The number of ether oxygens (including phenoxy) is 1. The van der Waals surface area contributed by atoms with Gasteiger partial charge in [0.25, 0.3) is 0 Å². The highest BCUT2D eigenvalue weighted by atomic mass is 32.2. The molecule has 1 N–H and O–H groups in total. The van der Waals surface area contributed by atoms with Crippen LogP contribution in [0.3, 0.4) is 0 Å². The number of benzene rings is 1. The van der Waals surface area contributed by atoms with E-state index in [9.17, 15) is 4.79 Å². The molecule has 7 heteroatoms. The van der Waals surface area contributed by atoms with Gasteiger partial charge in [0.2, 0.25) is 5.91 Å². The molecule has 2 rings (SSSR count). The monoisotopic (exact) mass is 348 g/mol. The highest BCUT2D eigenvalue weighted by Gasteiger charge is 2.21. The predicted octanol–water partition coefficient (Wildman–Crippen LogP) is 2.98. The number of hydrogen-bond donors (Lipinski definition) is 1. The fourth-order valence-corrected chi connectivity index (χ4v) is 3.23. The number of methoxy groups -OCH3 is 1. The van der Waals surface area contributed by atoms with Gasteiger partial charge in [0.1, 0.15) is 5.75 Å². The van der Waals surface area contributed by atoms with Crippen LogP contribution >= 0.6 is 11.8 Å². The molecule has 0 aliphatic carbocycles. The minimum absolute atomic E-state index is 0.000468. The van der Waals surface area contributed by atoms with Crippen LogP contribution in [0.4, 0.5) is 0 Å². The van der Waals surface area contributed by atoms with Crippen LogP contribution < -0.4 is 10.1 Å². The summed E-state index contributed by atoms with van der Waals surface area (Å²) in [4.78, 5) is 12.1. The normalized spacial score (nSPS) is 12.2. The Hall–Kier alpha value is -2.02. The molecule has 0 aliphatic rings. The van der Waals surface area contributed by atoms with E-state index in [-0.39, 0.29) is 17.2 Å². The zero-order chi connectivity index (χ0) is 17.7. The molecular formula is C17H24N4O2S. The molecule has 0 saturated heterocycles. The van der Waals surface area contributed by atoms with Crippen molar-refractivity contribution in [2.75, 3.05) is 7.11 Å². The fraction of sp³-hybridized carbons (Fsp3) is 0.471. The van der Waals surface area contributed by atoms with E-state index in [4.69, 9.17) is 4.74 Å². The summed E-state index contributed by atoms with van der Waals surface area (Å²) in [6.45, 7) is 8.51. The minimum atomic E-state index is -0.243. The number of aromatic nitrogens is 3. The number of nitrogens with zero attached hydrogens (tertiary/aromatic N) is 3. The lowest BCUT2D eigenvalue weighted by molar-refractivity contribution is -0.120. The molecule has 1 amide bonds. The van der Waals surface area contributed by atoms with Crippen molar-refractivity contribution in [2.45, 2.75) is 50.7 Å². The first-order chi connectivity index (χ1) is 11.5.